The van der Waals surface area contributed by atoms with E-state index in [1.807, 2.05) is 22.7 Å². The van der Waals surface area contributed by atoms with Crippen molar-refractivity contribution in [3.63, 3.8) is 0 Å². The summed E-state index contributed by atoms with van der Waals surface area (Å²) in [6.45, 7) is 0. The fourth-order valence-electron chi connectivity index (χ4n) is 9.65. The van der Waals surface area contributed by atoms with Gasteiger partial charge < -0.3 is 4.57 Å². The molecule has 0 saturated carbocycles. The van der Waals surface area contributed by atoms with Crippen LogP contribution in [0.15, 0.2) is 212 Å². The molecule has 0 spiro atoms. The van der Waals surface area contributed by atoms with E-state index in [1.165, 1.54) is 117 Å². The van der Waals surface area contributed by atoms with Gasteiger partial charge in [-0.1, -0.05) is 170 Å². The second kappa shape index (κ2) is 13.6. The highest BCUT2D eigenvalue weighted by Crippen LogP contribution is 2.45. The average Bonchev–Trinajstić information content (AvgIpc) is 4.00. The van der Waals surface area contributed by atoms with Crippen LogP contribution in [-0.4, -0.2) is 4.57 Å². The molecule has 10 aromatic carbocycles. The minimum Gasteiger partial charge on any atom is -0.308 e. The van der Waals surface area contributed by atoms with Crippen LogP contribution in [0.5, 0.6) is 0 Å². The summed E-state index contributed by atoms with van der Waals surface area (Å²) >= 11 is 3.75. The third kappa shape index (κ3) is 5.52. The van der Waals surface area contributed by atoms with Gasteiger partial charge in [0.25, 0.3) is 0 Å². The molecule has 3 heteroatoms. The largest absolute Gasteiger partial charge is 0.308 e. The lowest BCUT2D eigenvalue weighted by molar-refractivity contribution is 1.18. The van der Waals surface area contributed by atoms with Crippen LogP contribution >= 0.6 is 22.7 Å². The lowest BCUT2D eigenvalue weighted by atomic mass is 9.98. The number of aromatic nitrogens is 1. The molecular weight excluding hydrogens is 775 g/mol. The molecule has 0 unspecified atom stereocenters. The first-order chi connectivity index (χ1) is 30.2. The van der Waals surface area contributed by atoms with Crippen molar-refractivity contribution in [2.75, 3.05) is 0 Å². The molecule has 284 valence electrons. The lowest BCUT2D eigenvalue weighted by Gasteiger charge is -2.15. The minimum absolute atomic E-state index is 1.14. The van der Waals surface area contributed by atoms with Gasteiger partial charge in [-0.3, -0.25) is 0 Å². The second-order valence-corrected chi connectivity index (χ2v) is 18.2. The zero-order valence-corrected chi connectivity index (χ0v) is 34.6. The maximum absolute atomic E-state index is 2.53. The molecule has 61 heavy (non-hydrogen) atoms. The summed E-state index contributed by atoms with van der Waals surface area (Å²) in [6, 6.07) is 78.8. The molecule has 0 aliphatic rings. The van der Waals surface area contributed by atoms with Gasteiger partial charge in [-0.05, 0) is 86.6 Å². The number of para-hydroxylation sites is 2. The van der Waals surface area contributed by atoms with E-state index in [0.717, 1.165) is 5.69 Å². The highest BCUT2D eigenvalue weighted by atomic mass is 32.1. The van der Waals surface area contributed by atoms with Gasteiger partial charge in [0.1, 0.15) is 0 Å². The summed E-state index contributed by atoms with van der Waals surface area (Å²) < 4.78 is 7.81. The number of benzene rings is 10. The standard InChI is InChI=1S/C58H35NS2/c1-2-10-40-33-41(24-23-36(40)9-1)39-21-19-37(20-22-39)38-25-29-44(30-26-38)59-57-45(42-27-31-49-47-11-3-5-17-53(47)60-55(49)34-42)13-7-15-51(57)52-16-8-14-46(58(52)59)43-28-32-50-48-12-4-6-18-54(48)61-56(50)35-43/h1-35H. The van der Waals surface area contributed by atoms with Crippen molar-refractivity contribution >= 4 is 95.6 Å². The number of hydrogen-bond donors (Lipinski definition) is 0. The van der Waals surface area contributed by atoms with Crippen molar-refractivity contribution in [1.82, 2.24) is 4.57 Å². The Bertz CT molecular complexity index is 3690. The molecule has 1 nitrogen and oxygen atoms in total. The molecule has 0 radical (unpaired) electrons. The predicted octanol–water partition coefficient (Wildman–Crippen LogP) is 17.3. The Morgan fingerprint density at radius 2 is 0.689 bits per heavy atom. The van der Waals surface area contributed by atoms with E-state index < -0.39 is 0 Å². The highest BCUT2D eigenvalue weighted by Gasteiger charge is 2.21. The van der Waals surface area contributed by atoms with Crippen LogP contribution in [0.25, 0.3) is 123 Å². The minimum atomic E-state index is 1.14. The number of thiophene rings is 2. The fourth-order valence-corrected chi connectivity index (χ4v) is 11.9. The van der Waals surface area contributed by atoms with E-state index in [9.17, 15) is 0 Å². The number of rotatable bonds is 5. The maximum atomic E-state index is 2.53. The number of fused-ring (bicyclic) bond motifs is 10. The van der Waals surface area contributed by atoms with E-state index in [4.69, 9.17) is 0 Å². The summed E-state index contributed by atoms with van der Waals surface area (Å²) in [7, 11) is 0. The molecule has 0 atom stereocenters. The number of hydrogen-bond acceptors (Lipinski definition) is 2. The van der Waals surface area contributed by atoms with Crippen molar-refractivity contribution < 1.29 is 0 Å². The van der Waals surface area contributed by atoms with Crippen LogP contribution in [-0.2, 0) is 0 Å². The topological polar surface area (TPSA) is 4.93 Å². The molecule has 13 aromatic rings. The Morgan fingerprint density at radius 3 is 1.26 bits per heavy atom. The summed E-state index contributed by atoms with van der Waals surface area (Å²) in [5.74, 6) is 0. The van der Waals surface area contributed by atoms with Gasteiger partial charge in [0, 0.05) is 67.9 Å². The van der Waals surface area contributed by atoms with E-state index in [1.54, 1.807) is 0 Å². The smallest absolute Gasteiger partial charge is 0.0619 e. The Labute approximate surface area is 360 Å². The van der Waals surface area contributed by atoms with Crippen molar-refractivity contribution in [2.45, 2.75) is 0 Å². The summed E-state index contributed by atoms with van der Waals surface area (Å²) in [5, 5.41) is 10.3. The van der Waals surface area contributed by atoms with Gasteiger partial charge in [0.15, 0.2) is 0 Å². The van der Waals surface area contributed by atoms with Gasteiger partial charge in [0.05, 0.1) is 11.0 Å². The first-order valence-electron chi connectivity index (χ1n) is 20.8. The third-order valence-electron chi connectivity index (χ3n) is 12.6. The van der Waals surface area contributed by atoms with Crippen molar-refractivity contribution in [3.8, 4) is 50.2 Å². The number of nitrogens with zero attached hydrogens (tertiary/aromatic N) is 1. The first kappa shape index (κ1) is 34.6. The molecule has 0 aliphatic heterocycles. The Hall–Kier alpha value is -7.30. The van der Waals surface area contributed by atoms with Crippen molar-refractivity contribution in [3.05, 3.63) is 212 Å². The van der Waals surface area contributed by atoms with Gasteiger partial charge >= 0.3 is 0 Å². The van der Waals surface area contributed by atoms with E-state index in [2.05, 4.69) is 217 Å². The van der Waals surface area contributed by atoms with Crippen molar-refractivity contribution in [1.29, 1.82) is 0 Å². The summed E-state index contributed by atoms with van der Waals surface area (Å²) in [5.41, 5.74) is 13.3. The maximum Gasteiger partial charge on any atom is 0.0619 e. The van der Waals surface area contributed by atoms with Gasteiger partial charge in [-0.2, -0.15) is 0 Å². The van der Waals surface area contributed by atoms with Gasteiger partial charge in [0.2, 0.25) is 0 Å². The van der Waals surface area contributed by atoms with E-state index in [0.29, 0.717) is 0 Å². The Morgan fingerprint density at radius 1 is 0.262 bits per heavy atom. The average molecular weight is 810 g/mol. The van der Waals surface area contributed by atoms with Crippen molar-refractivity contribution in [2.24, 2.45) is 0 Å². The van der Waals surface area contributed by atoms with Gasteiger partial charge in [-0.15, -0.1) is 22.7 Å². The van der Waals surface area contributed by atoms with Crippen LogP contribution in [0.1, 0.15) is 0 Å². The fraction of sp³-hybridized carbons (Fsp3) is 0. The van der Waals surface area contributed by atoms with Crippen LogP contribution in [0.4, 0.5) is 0 Å². The molecule has 0 amide bonds. The summed E-state index contributed by atoms with van der Waals surface area (Å²) in [6.07, 6.45) is 0. The summed E-state index contributed by atoms with van der Waals surface area (Å²) in [4.78, 5) is 0. The molecule has 0 aliphatic carbocycles. The Kier molecular flexibility index (Phi) is 7.71. The second-order valence-electron chi connectivity index (χ2n) is 16.0. The van der Waals surface area contributed by atoms with E-state index >= 15 is 0 Å². The molecule has 0 saturated heterocycles. The normalized spacial score (nSPS) is 11.9. The SMILES string of the molecule is c1ccc2cc(-c3ccc(-c4ccc(-n5c6c(-c7ccc8c(c7)sc7ccccc78)cccc6c6cccc(-c7ccc8c(c7)sc7ccccc78)c65)cc4)cc3)ccc2c1. The van der Waals surface area contributed by atoms with Crippen LogP contribution < -0.4 is 0 Å². The van der Waals surface area contributed by atoms with Crippen LogP contribution in [0.2, 0.25) is 0 Å². The molecular formula is C58H35NS2. The van der Waals surface area contributed by atoms with Crippen LogP contribution in [0, 0.1) is 0 Å². The molecule has 0 N–H and O–H groups in total. The molecule has 13 rings (SSSR count). The molecule has 3 heterocycles. The van der Waals surface area contributed by atoms with Crippen LogP contribution in [0.3, 0.4) is 0 Å². The van der Waals surface area contributed by atoms with Gasteiger partial charge in [-0.25, -0.2) is 0 Å². The third-order valence-corrected chi connectivity index (χ3v) is 14.9. The molecule has 0 fully saturated rings. The quantitative estimate of drug-likeness (QED) is 0.163. The Balaban J connectivity index is 0.990. The monoisotopic (exact) mass is 809 g/mol. The van der Waals surface area contributed by atoms with E-state index in [-0.39, 0.29) is 0 Å². The molecule has 0 bridgehead atoms. The highest BCUT2D eigenvalue weighted by molar-refractivity contribution is 7.26. The first-order valence-corrected chi connectivity index (χ1v) is 22.4. The zero-order chi connectivity index (χ0) is 40.0. The lowest BCUT2D eigenvalue weighted by Crippen LogP contribution is -1.97. The predicted molar refractivity (Wildman–Crippen MR) is 266 cm³/mol. The molecule has 3 aromatic heterocycles. The zero-order valence-electron chi connectivity index (χ0n) is 33.0.